The number of hydrogen-bond acceptors (Lipinski definition) is 5. The third-order valence-corrected chi connectivity index (χ3v) is 4.90. The van der Waals surface area contributed by atoms with Crippen LogP contribution in [-0.2, 0) is 4.79 Å². The highest BCUT2D eigenvalue weighted by Gasteiger charge is 2.39. The average Bonchev–Trinajstić information content (AvgIpc) is 3.18. The van der Waals surface area contributed by atoms with Crippen LogP contribution in [0.4, 0.5) is 11.4 Å². The van der Waals surface area contributed by atoms with Gasteiger partial charge in [-0.3, -0.25) is 9.59 Å². The van der Waals surface area contributed by atoms with E-state index in [1.165, 1.54) is 6.33 Å². The van der Waals surface area contributed by atoms with Gasteiger partial charge in [-0.1, -0.05) is 19.1 Å². The van der Waals surface area contributed by atoms with Gasteiger partial charge in [-0.2, -0.15) is 0 Å². The minimum Gasteiger partial charge on any atom is -0.326 e. The zero-order valence-electron chi connectivity index (χ0n) is 15.6. The maximum absolute atomic E-state index is 12.7. The Bertz CT molecular complexity index is 1030. The Morgan fingerprint density at radius 2 is 1.89 bits per heavy atom. The molecule has 2 atom stereocenters. The van der Waals surface area contributed by atoms with Crippen LogP contribution in [0.15, 0.2) is 48.8 Å². The van der Waals surface area contributed by atoms with Gasteiger partial charge < -0.3 is 10.6 Å². The van der Waals surface area contributed by atoms with Crippen molar-refractivity contribution in [1.82, 2.24) is 20.2 Å². The Balaban J connectivity index is 1.49. The van der Waals surface area contributed by atoms with Gasteiger partial charge in [0.1, 0.15) is 6.33 Å². The van der Waals surface area contributed by atoms with Crippen molar-refractivity contribution in [3.8, 4) is 5.69 Å². The van der Waals surface area contributed by atoms with E-state index in [1.807, 2.05) is 25.1 Å². The molecule has 8 nitrogen and oxygen atoms in total. The number of nitrogens with one attached hydrogen (secondary N) is 2. The van der Waals surface area contributed by atoms with Gasteiger partial charge >= 0.3 is 0 Å². The summed E-state index contributed by atoms with van der Waals surface area (Å²) in [6, 6.07) is 12.4. The van der Waals surface area contributed by atoms with Crippen LogP contribution in [-0.4, -0.2) is 32.0 Å². The van der Waals surface area contributed by atoms with Gasteiger partial charge in [-0.05, 0) is 65.6 Å². The number of carbonyl (C=O) groups is 2. The molecule has 3 aromatic rings. The number of rotatable bonds is 5. The fourth-order valence-corrected chi connectivity index (χ4v) is 3.07. The van der Waals surface area contributed by atoms with Crippen LogP contribution in [0.1, 0.15) is 29.3 Å². The molecule has 0 aliphatic heterocycles. The number of hydrogen-bond donors (Lipinski definition) is 2. The minimum atomic E-state index is -0.262. The van der Waals surface area contributed by atoms with Crippen LogP contribution in [0.5, 0.6) is 0 Å². The van der Waals surface area contributed by atoms with Gasteiger partial charge in [0.2, 0.25) is 5.91 Å². The lowest BCUT2D eigenvalue weighted by molar-refractivity contribution is -0.117. The second-order valence-electron chi connectivity index (χ2n) is 7.10. The minimum absolute atomic E-state index is 0.00896. The van der Waals surface area contributed by atoms with E-state index in [0.717, 1.165) is 17.7 Å². The maximum Gasteiger partial charge on any atom is 0.255 e. The maximum atomic E-state index is 12.7. The number of aryl methyl sites for hydroxylation is 1. The van der Waals surface area contributed by atoms with E-state index >= 15 is 0 Å². The van der Waals surface area contributed by atoms with Crippen molar-refractivity contribution in [2.45, 2.75) is 20.3 Å². The Labute approximate surface area is 162 Å². The summed E-state index contributed by atoms with van der Waals surface area (Å²) in [6.07, 6.45) is 2.42. The quantitative estimate of drug-likeness (QED) is 0.713. The van der Waals surface area contributed by atoms with Crippen molar-refractivity contribution in [2.75, 3.05) is 10.6 Å². The van der Waals surface area contributed by atoms with Crippen LogP contribution in [0.3, 0.4) is 0 Å². The van der Waals surface area contributed by atoms with Gasteiger partial charge in [0.05, 0.1) is 5.69 Å². The molecular formula is C20H20N6O2. The second kappa shape index (κ2) is 7.22. The summed E-state index contributed by atoms with van der Waals surface area (Å²) in [6.45, 7) is 3.99. The van der Waals surface area contributed by atoms with Crippen molar-refractivity contribution in [2.24, 2.45) is 11.8 Å². The van der Waals surface area contributed by atoms with Gasteiger partial charge in [0, 0.05) is 22.9 Å². The Morgan fingerprint density at radius 3 is 2.61 bits per heavy atom. The summed E-state index contributed by atoms with van der Waals surface area (Å²) < 4.78 is 1.54. The van der Waals surface area contributed by atoms with Crippen LogP contribution < -0.4 is 10.6 Å². The molecule has 4 rings (SSSR count). The van der Waals surface area contributed by atoms with E-state index in [9.17, 15) is 9.59 Å². The number of anilines is 2. The molecule has 0 radical (unpaired) electrons. The molecule has 2 aromatic carbocycles. The smallest absolute Gasteiger partial charge is 0.255 e. The lowest BCUT2D eigenvalue weighted by Crippen LogP contribution is -2.16. The van der Waals surface area contributed by atoms with Gasteiger partial charge in [-0.15, -0.1) is 5.10 Å². The standard InChI is InChI=1S/C20H20N6O2/c1-12-6-7-16(10-18(12)26-11-21-24-25-26)22-19(27)14-4-3-5-15(9-14)23-20(28)17-8-13(17)2/h3-7,9-11,13,17H,8H2,1-2H3,(H,22,27)(H,23,28)/t13-,17+/m1/s1. The molecule has 1 aromatic heterocycles. The molecule has 2 N–H and O–H groups in total. The summed E-state index contributed by atoms with van der Waals surface area (Å²) >= 11 is 0. The van der Waals surface area contributed by atoms with Crippen molar-refractivity contribution >= 4 is 23.2 Å². The summed E-state index contributed by atoms with van der Waals surface area (Å²) in [7, 11) is 0. The molecular weight excluding hydrogens is 356 g/mol. The number of carbonyl (C=O) groups excluding carboxylic acids is 2. The summed E-state index contributed by atoms with van der Waals surface area (Å²) in [5.74, 6) is 0.259. The SMILES string of the molecule is Cc1ccc(NC(=O)c2cccc(NC(=O)[C@H]3C[C@H]3C)c2)cc1-n1cnnn1. The van der Waals surface area contributed by atoms with Crippen LogP contribution >= 0.6 is 0 Å². The monoisotopic (exact) mass is 376 g/mol. The first-order chi connectivity index (χ1) is 13.5. The molecule has 1 aliphatic rings. The lowest BCUT2D eigenvalue weighted by Gasteiger charge is -2.11. The zero-order chi connectivity index (χ0) is 19.7. The first kappa shape index (κ1) is 17.8. The Hall–Kier alpha value is -3.55. The number of amides is 2. The third-order valence-electron chi connectivity index (χ3n) is 4.90. The first-order valence-corrected chi connectivity index (χ1v) is 9.07. The molecule has 1 fully saturated rings. The largest absolute Gasteiger partial charge is 0.326 e. The highest BCUT2D eigenvalue weighted by Crippen LogP contribution is 2.38. The normalized spacial score (nSPS) is 17.8. The Kier molecular flexibility index (Phi) is 4.60. The summed E-state index contributed by atoms with van der Waals surface area (Å²) in [5.41, 5.74) is 3.47. The van der Waals surface area contributed by atoms with Gasteiger partial charge in [-0.25, -0.2) is 4.68 Å². The first-order valence-electron chi connectivity index (χ1n) is 9.07. The number of tetrazole rings is 1. The Morgan fingerprint density at radius 1 is 1.11 bits per heavy atom. The number of aromatic nitrogens is 4. The van der Waals surface area contributed by atoms with E-state index in [-0.39, 0.29) is 17.7 Å². The fraction of sp³-hybridized carbons (Fsp3) is 0.250. The van der Waals surface area contributed by atoms with Gasteiger partial charge in [0.15, 0.2) is 0 Å². The molecule has 28 heavy (non-hydrogen) atoms. The molecule has 1 heterocycles. The van der Waals surface area contributed by atoms with E-state index in [2.05, 4.69) is 33.1 Å². The molecule has 0 saturated heterocycles. The number of benzene rings is 2. The summed E-state index contributed by atoms with van der Waals surface area (Å²) in [4.78, 5) is 24.8. The van der Waals surface area contributed by atoms with Crippen LogP contribution in [0.2, 0.25) is 0 Å². The van der Waals surface area contributed by atoms with E-state index < -0.39 is 0 Å². The highest BCUT2D eigenvalue weighted by atomic mass is 16.2. The summed E-state index contributed by atoms with van der Waals surface area (Å²) in [5, 5.41) is 16.9. The molecule has 8 heteroatoms. The van der Waals surface area contributed by atoms with Crippen LogP contribution in [0, 0.1) is 18.8 Å². The zero-order valence-corrected chi connectivity index (χ0v) is 15.6. The van der Waals surface area contributed by atoms with Crippen LogP contribution in [0.25, 0.3) is 5.69 Å². The molecule has 0 bridgehead atoms. The number of nitrogens with zero attached hydrogens (tertiary/aromatic N) is 4. The fourth-order valence-electron chi connectivity index (χ4n) is 3.07. The van der Waals surface area contributed by atoms with E-state index in [1.54, 1.807) is 28.9 Å². The highest BCUT2D eigenvalue weighted by molar-refractivity contribution is 6.05. The predicted molar refractivity (Wildman–Crippen MR) is 104 cm³/mol. The van der Waals surface area contributed by atoms with Gasteiger partial charge in [0.25, 0.3) is 5.91 Å². The molecule has 142 valence electrons. The molecule has 1 aliphatic carbocycles. The van der Waals surface area contributed by atoms with E-state index in [4.69, 9.17) is 0 Å². The van der Waals surface area contributed by atoms with E-state index in [0.29, 0.717) is 22.9 Å². The molecule has 2 amide bonds. The van der Waals surface area contributed by atoms with Crippen molar-refractivity contribution in [3.05, 3.63) is 59.9 Å². The topological polar surface area (TPSA) is 102 Å². The van der Waals surface area contributed by atoms with Crippen molar-refractivity contribution in [1.29, 1.82) is 0 Å². The van der Waals surface area contributed by atoms with Crippen molar-refractivity contribution in [3.63, 3.8) is 0 Å². The third kappa shape index (κ3) is 3.75. The second-order valence-corrected chi connectivity index (χ2v) is 7.10. The lowest BCUT2D eigenvalue weighted by atomic mass is 10.1. The molecule has 0 unspecified atom stereocenters. The molecule has 1 saturated carbocycles. The van der Waals surface area contributed by atoms with Crippen molar-refractivity contribution < 1.29 is 9.59 Å². The average molecular weight is 376 g/mol. The molecule has 0 spiro atoms. The predicted octanol–water partition coefficient (Wildman–Crippen LogP) is 2.82.